The van der Waals surface area contributed by atoms with E-state index in [0.717, 1.165) is 10.9 Å². The van der Waals surface area contributed by atoms with E-state index >= 15 is 0 Å². The number of aromatic nitrogens is 2. The van der Waals surface area contributed by atoms with Crippen LogP contribution in [0.3, 0.4) is 0 Å². The minimum absolute atomic E-state index is 0.0533. The lowest BCUT2D eigenvalue weighted by Gasteiger charge is -2.14. The Labute approximate surface area is 161 Å². The van der Waals surface area contributed by atoms with E-state index in [0.29, 0.717) is 16.6 Å². The standard InChI is InChI=1S/C19H20N4O3S/c1-11(2)20-19(25)23-17(24)12(3)27-18-13-7-4-5-8-14(13)21-16(22-18)15-9-6-10-26-15/h4-12H,1-3H3,(H2,20,23,24,25)/t12-/m1/s1. The fourth-order valence-electron chi connectivity index (χ4n) is 2.39. The lowest BCUT2D eigenvalue weighted by atomic mass is 10.2. The molecule has 3 rings (SSSR count). The quantitative estimate of drug-likeness (QED) is 0.515. The van der Waals surface area contributed by atoms with Gasteiger partial charge in [0.1, 0.15) is 5.03 Å². The van der Waals surface area contributed by atoms with Crippen LogP contribution < -0.4 is 10.6 Å². The normalized spacial score (nSPS) is 12.1. The summed E-state index contributed by atoms with van der Waals surface area (Å²) in [6.07, 6.45) is 1.56. The molecule has 140 valence electrons. The predicted octanol–water partition coefficient (Wildman–Crippen LogP) is 3.60. The average molecular weight is 384 g/mol. The lowest BCUT2D eigenvalue weighted by Crippen LogP contribution is -2.45. The number of rotatable bonds is 5. The first-order valence-electron chi connectivity index (χ1n) is 8.52. The molecule has 8 heteroatoms. The summed E-state index contributed by atoms with van der Waals surface area (Å²) in [5, 5.41) is 5.95. The van der Waals surface area contributed by atoms with Crippen LogP contribution in [0.1, 0.15) is 20.8 Å². The molecule has 7 nitrogen and oxygen atoms in total. The van der Waals surface area contributed by atoms with Crippen molar-refractivity contribution in [2.45, 2.75) is 37.1 Å². The van der Waals surface area contributed by atoms with E-state index in [1.165, 1.54) is 11.8 Å². The first-order chi connectivity index (χ1) is 12.9. The van der Waals surface area contributed by atoms with Crippen LogP contribution in [-0.2, 0) is 4.79 Å². The molecule has 0 bridgehead atoms. The van der Waals surface area contributed by atoms with Crippen molar-refractivity contribution in [2.24, 2.45) is 0 Å². The van der Waals surface area contributed by atoms with Crippen LogP contribution in [0.4, 0.5) is 4.79 Å². The Kier molecular flexibility index (Phi) is 5.75. The Morgan fingerprint density at radius 2 is 1.85 bits per heavy atom. The van der Waals surface area contributed by atoms with Gasteiger partial charge in [0.2, 0.25) is 5.91 Å². The number of benzene rings is 1. The zero-order chi connectivity index (χ0) is 19.4. The molecule has 1 aromatic carbocycles. The highest BCUT2D eigenvalue weighted by atomic mass is 32.2. The average Bonchev–Trinajstić information content (AvgIpc) is 3.15. The van der Waals surface area contributed by atoms with Crippen molar-refractivity contribution in [1.29, 1.82) is 0 Å². The number of carbonyl (C=O) groups is 2. The third-order valence-electron chi connectivity index (χ3n) is 3.62. The van der Waals surface area contributed by atoms with Crippen LogP contribution in [0.5, 0.6) is 0 Å². The third-order valence-corrected chi connectivity index (χ3v) is 4.73. The minimum atomic E-state index is -0.523. The summed E-state index contributed by atoms with van der Waals surface area (Å²) in [4.78, 5) is 33.2. The first-order valence-corrected chi connectivity index (χ1v) is 9.40. The molecular weight excluding hydrogens is 364 g/mol. The first kappa shape index (κ1) is 18.9. The molecule has 1 atom stereocenters. The van der Waals surface area contributed by atoms with Gasteiger partial charge in [0, 0.05) is 11.4 Å². The third kappa shape index (κ3) is 4.65. The Morgan fingerprint density at radius 1 is 1.07 bits per heavy atom. The van der Waals surface area contributed by atoms with Crippen molar-refractivity contribution < 1.29 is 14.0 Å². The number of furan rings is 1. The smallest absolute Gasteiger partial charge is 0.321 e. The molecule has 0 radical (unpaired) electrons. The predicted molar refractivity (Wildman–Crippen MR) is 104 cm³/mol. The minimum Gasteiger partial charge on any atom is -0.461 e. The van der Waals surface area contributed by atoms with Crippen LogP contribution in [-0.4, -0.2) is 33.2 Å². The van der Waals surface area contributed by atoms with Gasteiger partial charge in [0.25, 0.3) is 0 Å². The van der Waals surface area contributed by atoms with Crippen LogP contribution in [0, 0.1) is 0 Å². The molecule has 0 saturated carbocycles. The van der Waals surface area contributed by atoms with Gasteiger partial charge in [-0.1, -0.05) is 30.0 Å². The molecule has 2 aromatic heterocycles. The van der Waals surface area contributed by atoms with Gasteiger partial charge >= 0.3 is 6.03 Å². The molecule has 0 aliphatic rings. The molecule has 0 aliphatic heterocycles. The molecule has 0 unspecified atom stereocenters. The summed E-state index contributed by atoms with van der Waals surface area (Å²) >= 11 is 1.27. The number of hydrogen-bond acceptors (Lipinski definition) is 6. The second-order valence-electron chi connectivity index (χ2n) is 6.22. The summed E-state index contributed by atoms with van der Waals surface area (Å²) in [7, 11) is 0. The largest absolute Gasteiger partial charge is 0.461 e. The lowest BCUT2D eigenvalue weighted by molar-refractivity contribution is -0.119. The Bertz CT molecular complexity index is 957. The number of urea groups is 1. The number of imide groups is 1. The van der Waals surface area contributed by atoms with E-state index in [-0.39, 0.29) is 11.9 Å². The number of fused-ring (bicyclic) bond motifs is 1. The van der Waals surface area contributed by atoms with Crippen molar-refractivity contribution >= 4 is 34.6 Å². The van der Waals surface area contributed by atoms with Gasteiger partial charge in [-0.15, -0.1) is 0 Å². The summed E-state index contributed by atoms with van der Waals surface area (Å²) in [5.41, 5.74) is 0.756. The number of nitrogens with zero attached hydrogens (tertiary/aromatic N) is 2. The Morgan fingerprint density at radius 3 is 2.56 bits per heavy atom. The zero-order valence-corrected chi connectivity index (χ0v) is 16.0. The van der Waals surface area contributed by atoms with Gasteiger partial charge in [-0.25, -0.2) is 14.8 Å². The molecule has 0 saturated heterocycles. The fourth-order valence-corrected chi connectivity index (χ4v) is 3.33. The van der Waals surface area contributed by atoms with Gasteiger partial charge in [-0.2, -0.15) is 0 Å². The van der Waals surface area contributed by atoms with Gasteiger partial charge in [-0.05, 0) is 39.0 Å². The molecule has 0 aliphatic carbocycles. The number of nitrogens with one attached hydrogen (secondary N) is 2. The van der Waals surface area contributed by atoms with Crippen molar-refractivity contribution in [3.05, 3.63) is 42.7 Å². The van der Waals surface area contributed by atoms with Crippen LogP contribution in [0.2, 0.25) is 0 Å². The maximum atomic E-state index is 12.3. The van der Waals surface area contributed by atoms with E-state index in [1.807, 2.05) is 38.1 Å². The highest BCUT2D eigenvalue weighted by molar-refractivity contribution is 8.00. The summed E-state index contributed by atoms with van der Waals surface area (Å²) in [6.45, 7) is 5.38. The van der Waals surface area contributed by atoms with Gasteiger partial charge in [-0.3, -0.25) is 10.1 Å². The fraction of sp³-hybridized carbons (Fsp3) is 0.263. The zero-order valence-electron chi connectivity index (χ0n) is 15.2. The topological polar surface area (TPSA) is 97.1 Å². The van der Waals surface area contributed by atoms with Gasteiger partial charge in [0.05, 0.1) is 17.0 Å². The SMILES string of the molecule is CC(C)NC(=O)NC(=O)[C@@H](C)Sc1nc(-c2ccco2)nc2ccccc12. The maximum absolute atomic E-state index is 12.3. The van der Waals surface area contributed by atoms with E-state index in [1.54, 1.807) is 25.3 Å². The highest BCUT2D eigenvalue weighted by Crippen LogP contribution is 2.31. The summed E-state index contributed by atoms with van der Waals surface area (Å²) in [6, 6.07) is 10.6. The highest BCUT2D eigenvalue weighted by Gasteiger charge is 2.20. The molecule has 2 heterocycles. The van der Waals surface area contributed by atoms with Crippen molar-refractivity contribution in [3.8, 4) is 11.6 Å². The van der Waals surface area contributed by atoms with E-state index in [4.69, 9.17) is 4.42 Å². The van der Waals surface area contributed by atoms with Crippen LogP contribution in [0.25, 0.3) is 22.5 Å². The monoisotopic (exact) mass is 384 g/mol. The second-order valence-corrected chi connectivity index (χ2v) is 7.55. The van der Waals surface area contributed by atoms with Crippen LogP contribution >= 0.6 is 11.8 Å². The molecule has 0 fully saturated rings. The second kappa shape index (κ2) is 8.22. The van der Waals surface area contributed by atoms with Crippen molar-refractivity contribution in [1.82, 2.24) is 20.6 Å². The van der Waals surface area contributed by atoms with E-state index in [2.05, 4.69) is 20.6 Å². The Hall–Kier alpha value is -2.87. The maximum Gasteiger partial charge on any atom is 0.321 e. The number of amides is 3. The molecule has 3 aromatic rings. The van der Waals surface area contributed by atoms with E-state index in [9.17, 15) is 9.59 Å². The number of para-hydroxylation sites is 1. The molecule has 3 amide bonds. The molecule has 0 spiro atoms. The van der Waals surface area contributed by atoms with Gasteiger partial charge in [0.15, 0.2) is 11.6 Å². The molecule has 2 N–H and O–H groups in total. The Balaban J connectivity index is 1.85. The number of carbonyl (C=O) groups excluding carboxylic acids is 2. The number of thioether (sulfide) groups is 1. The van der Waals surface area contributed by atoms with E-state index < -0.39 is 11.3 Å². The molecular formula is C19H20N4O3S. The van der Waals surface area contributed by atoms with Crippen LogP contribution in [0.15, 0.2) is 52.1 Å². The molecule has 27 heavy (non-hydrogen) atoms. The van der Waals surface area contributed by atoms with Crippen molar-refractivity contribution in [3.63, 3.8) is 0 Å². The van der Waals surface area contributed by atoms with Gasteiger partial charge < -0.3 is 9.73 Å². The summed E-state index contributed by atoms with van der Waals surface area (Å²) < 4.78 is 5.40. The summed E-state index contributed by atoms with van der Waals surface area (Å²) in [5.74, 6) is 0.614. The number of hydrogen-bond donors (Lipinski definition) is 2. The van der Waals surface area contributed by atoms with Crippen molar-refractivity contribution in [2.75, 3.05) is 0 Å².